The van der Waals surface area contributed by atoms with E-state index < -0.39 is 0 Å². The van der Waals surface area contributed by atoms with Gasteiger partial charge >= 0.3 is 0 Å². The number of ether oxygens (including phenoxy) is 1. The summed E-state index contributed by atoms with van der Waals surface area (Å²) in [4.78, 5) is 0. The molecule has 1 unspecified atom stereocenters. The molecule has 2 fully saturated rings. The van der Waals surface area contributed by atoms with Crippen LogP contribution in [0.15, 0.2) is 0 Å². The Labute approximate surface area is 105 Å². The van der Waals surface area contributed by atoms with Gasteiger partial charge in [-0.05, 0) is 38.0 Å². The van der Waals surface area contributed by atoms with Crippen LogP contribution in [0.5, 0.6) is 0 Å². The maximum atomic E-state index is 9.23. The van der Waals surface area contributed by atoms with Crippen LogP contribution >= 0.6 is 0 Å². The van der Waals surface area contributed by atoms with Gasteiger partial charge in [0.15, 0.2) is 0 Å². The Kier molecular flexibility index (Phi) is 5.75. The van der Waals surface area contributed by atoms with Crippen molar-refractivity contribution in [2.45, 2.75) is 63.5 Å². The zero-order valence-electron chi connectivity index (χ0n) is 10.9. The monoisotopic (exact) mass is 241 g/mol. The number of rotatable bonds is 8. The second kappa shape index (κ2) is 7.34. The summed E-state index contributed by atoms with van der Waals surface area (Å²) in [5, 5.41) is 12.7. The highest BCUT2D eigenvalue weighted by Gasteiger charge is 2.24. The molecule has 2 saturated carbocycles. The molecule has 2 rings (SSSR count). The quantitative estimate of drug-likeness (QED) is 0.639. The van der Waals surface area contributed by atoms with Crippen LogP contribution in [0, 0.1) is 5.92 Å². The molecule has 2 N–H and O–H groups in total. The summed E-state index contributed by atoms with van der Waals surface area (Å²) in [5.41, 5.74) is 0. The number of aliphatic hydroxyl groups excluding tert-OH is 1. The van der Waals surface area contributed by atoms with E-state index in [4.69, 9.17) is 4.74 Å². The molecule has 0 aromatic rings. The first-order valence-electron chi connectivity index (χ1n) is 7.33. The second-order valence-corrected chi connectivity index (χ2v) is 5.69. The van der Waals surface area contributed by atoms with Gasteiger partial charge in [-0.2, -0.15) is 0 Å². The maximum absolute atomic E-state index is 9.23. The minimum atomic E-state index is 0.239. The van der Waals surface area contributed by atoms with Crippen LogP contribution < -0.4 is 5.32 Å². The van der Waals surface area contributed by atoms with Crippen LogP contribution in [-0.4, -0.2) is 37.0 Å². The molecule has 0 aliphatic heterocycles. The summed E-state index contributed by atoms with van der Waals surface area (Å²) in [7, 11) is 0. The average Bonchev–Trinajstić information content (AvgIpc) is 3.18. The van der Waals surface area contributed by atoms with E-state index in [0.717, 1.165) is 25.6 Å². The van der Waals surface area contributed by atoms with Crippen LogP contribution in [0.3, 0.4) is 0 Å². The van der Waals surface area contributed by atoms with Gasteiger partial charge in [-0.25, -0.2) is 0 Å². The smallest absolute Gasteiger partial charge is 0.0585 e. The first-order valence-corrected chi connectivity index (χ1v) is 7.33. The lowest BCUT2D eigenvalue weighted by Gasteiger charge is -2.22. The number of hydrogen-bond donors (Lipinski definition) is 2. The Balaban J connectivity index is 1.48. The molecule has 1 atom stereocenters. The third-order valence-corrected chi connectivity index (χ3v) is 3.96. The van der Waals surface area contributed by atoms with E-state index in [9.17, 15) is 5.11 Å². The highest BCUT2D eigenvalue weighted by molar-refractivity contribution is 4.84. The van der Waals surface area contributed by atoms with Gasteiger partial charge in [0.05, 0.1) is 6.61 Å². The van der Waals surface area contributed by atoms with Crippen LogP contribution in [0.25, 0.3) is 0 Å². The molecule has 0 saturated heterocycles. The van der Waals surface area contributed by atoms with E-state index in [0.29, 0.717) is 6.04 Å². The van der Waals surface area contributed by atoms with E-state index in [1.165, 1.54) is 44.9 Å². The molecular formula is C14H27NO2. The Morgan fingerprint density at radius 2 is 1.88 bits per heavy atom. The normalized spacial score (nSPS) is 23.8. The third kappa shape index (κ3) is 5.36. The predicted molar refractivity (Wildman–Crippen MR) is 69.0 cm³/mol. The maximum Gasteiger partial charge on any atom is 0.0585 e. The van der Waals surface area contributed by atoms with Crippen LogP contribution in [0.4, 0.5) is 0 Å². The van der Waals surface area contributed by atoms with E-state index >= 15 is 0 Å². The molecular weight excluding hydrogens is 214 g/mol. The van der Waals surface area contributed by atoms with Gasteiger partial charge in [-0.1, -0.05) is 19.3 Å². The van der Waals surface area contributed by atoms with Crippen molar-refractivity contribution < 1.29 is 9.84 Å². The molecule has 3 nitrogen and oxygen atoms in total. The minimum Gasteiger partial charge on any atom is -0.395 e. The molecule has 2 aliphatic carbocycles. The second-order valence-electron chi connectivity index (χ2n) is 5.69. The molecule has 0 spiro atoms. The molecule has 0 amide bonds. The van der Waals surface area contributed by atoms with Gasteiger partial charge in [0.25, 0.3) is 0 Å². The molecule has 0 radical (unpaired) electrons. The third-order valence-electron chi connectivity index (χ3n) is 3.96. The number of aliphatic hydroxyl groups is 1. The van der Waals surface area contributed by atoms with Gasteiger partial charge in [0, 0.05) is 25.3 Å². The molecule has 3 heteroatoms. The van der Waals surface area contributed by atoms with Gasteiger partial charge < -0.3 is 15.2 Å². The van der Waals surface area contributed by atoms with Crippen molar-refractivity contribution in [2.24, 2.45) is 5.92 Å². The average molecular weight is 241 g/mol. The standard InChI is InChI=1S/C14H27NO2/c16-10-14(15-13-6-7-13)8-9-17-11-12-4-2-1-3-5-12/h12-16H,1-11H2. The Hall–Kier alpha value is -0.120. The summed E-state index contributed by atoms with van der Waals surface area (Å²) >= 11 is 0. The lowest BCUT2D eigenvalue weighted by atomic mass is 9.90. The molecule has 100 valence electrons. The van der Waals surface area contributed by atoms with E-state index in [1.54, 1.807) is 0 Å². The molecule has 17 heavy (non-hydrogen) atoms. The van der Waals surface area contributed by atoms with Crippen molar-refractivity contribution in [2.75, 3.05) is 19.8 Å². The largest absolute Gasteiger partial charge is 0.395 e. The lowest BCUT2D eigenvalue weighted by Crippen LogP contribution is -2.35. The molecule has 0 bridgehead atoms. The van der Waals surface area contributed by atoms with E-state index in [-0.39, 0.29) is 12.6 Å². The Bertz CT molecular complexity index is 200. The Morgan fingerprint density at radius 1 is 1.12 bits per heavy atom. The highest BCUT2D eigenvalue weighted by atomic mass is 16.5. The summed E-state index contributed by atoms with van der Waals surface area (Å²) < 4.78 is 5.76. The van der Waals surface area contributed by atoms with Crippen LogP contribution in [0.1, 0.15) is 51.4 Å². The van der Waals surface area contributed by atoms with Crippen LogP contribution in [-0.2, 0) is 4.74 Å². The summed E-state index contributed by atoms with van der Waals surface area (Å²) in [6.07, 6.45) is 10.4. The van der Waals surface area contributed by atoms with Crippen molar-refractivity contribution in [3.63, 3.8) is 0 Å². The number of hydrogen-bond acceptors (Lipinski definition) is 3. The van der Waals surface area contributed by atoms with Crippen molar-refractivity contribution in [3.05, 3.63) is 0 Å². The van der Waals surface area contributed by atoms with Gasteiger partial charge in [-0.3, -0.25) is 0 Å². The number of nitrogens with one attached hydrogen (secondary N) is 1. The zero-order valence-corrected chi connectivity index (χ0v) is 10.9. The summed E-state index contributed by atoms with van der Waals surface area (Å²) in [5.74, 6) is 0.799. The highest BCUT2D eigenvalue weighted by Crippen LogP contribution is 2.23. The van der Waals surface area contributed by atoms with Gasteiger partial charge in [-0.15, -0.1) is 0 Å². The summed E-state index contributed by atoms with van der Waals surface area (Å²) in [6, 6.07) is 0.916. The van der Waals surface area contributed by atoms with E-state index in [2.05, 4.69) is 5.32 Å². The van der Waals surface area contributed by atoms with Crippen molar-refractivity contribution >= 4 is 0 Å². The summed E-state index contributed by atoms with van der Waals surface area (Å²) in [6.45, 7) is 1.96. The topological polar surface area (TPSA) is 41.5 Å². The Morgan fingerprint density at radius 3 is 2.53 bits per heavy atom. The first kappa shape index (κ1) is 13.3. The fourth-order valence-electron chi connectivity index (χ4n) is 2.64. The molecule has 0 aromatic carbocycles. The first-order chi connectivity index (χ1) is 8.38. The van der Waals surface area contributed by atoms with Gasteiger partial charge in [0.1, 0.15) is 0 Å². The molecule has 0 heterocycles. The lowest BCUT2D eigenvalue weighted by molar-refractivity contribution is 0.0735. The molecule has 2 aliphatic rings. The van der Waals surface area contributed by atoms with Crippen molar-refractivity contribution in [1.82, 2.24) is 5.32 Å². The predicted octanol–water partition coefficient (Wildman–Crippen LogP) is 2.09. The van der Waals surface area contributed by atoms with Gasteiger partial charge in [0.2, 0.25) is 0 Å². The van der Waals surface area contributed by atoms with Crippen molar-refractivity contribution in [1.29, 1.82) is 0 Å². The minimum absolute atomic E-state index is 0.239. The SMILES string of the molecule is OCC(CCOCC1CCCCC1)NC1CC1. The fourth-order valence-corrected chi connectivity index (χ4v) is 2.64. The molecule has 0 aromatic heterocycles. The van der Waals surface area contributed by atoms with Crippen molar-refractivity contribution in [3.8, 4) is 0 Å². The van der Waals surface area contributed by atoms with Crippen LogP contribution in [0.2, 0.25) is 0 Å². The fraction of sp³-hybridized carbons (Fsp3) is 1.00. The zero-order chi connectivity index (χ0) is 11.9. The van der Waals surface area contributed by atoms with E-state index in [1.807, 2.05) is 0 Å².